The first-order chi connectivity index (χ1) is 7.84. The van der Waals surface area contributed by atoms with Crippen LogP contribution >= 0.6 is 0 Å². The third-order valence-corrected chi connectivity index (χ3v) is 4.77. The molecule has 1 aromatic rings. The molecular formula is C11H13NO4S. The average Bonchev–Trinajstić information content (AvgIpc) is 2.23. The number of nitrogens with zero attached hydrogens (tertiary/aromatic N) is 1. The van der Waals surface area contributed by atoms with E-state index in [2.05, 4.69) is 0 Å². The van der Waals surface area contributed by atoms with Crippen molar-refractivity contribution in [3.8, 4) is 0 Å². The van der Waals surface area contributed by atoms with E-state index in [-0.39, 0.29) is 10.6 Å². The Balaban J connectivity index is 2.70. The summed E-state index contributed by atoms with van der Waals surface area (Å²) < 4.78 is 24.0. The number of rotatable bonds is 1. The lowest BCUT2D eigenvalue weighted by atomic mass is 10.1. The second-order valence-electron chi connectivity index (χ2n) is 4.17. The minimum Gasteiger partial charge on any atom is -0.480 e. The highest BCUT2D eigenvalue weighted by molar-refractivity contribution is 7.91. The third kappa shape index (κ3) is 1.78. The minimum atomic E-state index is -3.51. The first kappa shape index (κ1) is 11.9. The lowest BCUT2D eigenvalue weighted by molar-refractivity contribution is -0.138. The first-order valence-corrected chi connectivity index (χ1v) is 6.78. The van der Waals surface area contributed by atoms with Crippen LogP contribution in [0.25, 0.3) is 0 Å². The number of carbonyl (C=O) groups is 1. The summed E-state index contributed by atoms with van der Waals surface area (Å²) in [5, 5.41) is 9.05. The second kappa shape index (κ2) is 3.73. The summed E-state index contributed by atoms with van der Waals surface area (Å²) >= 11 is 0. The Hall–Kier alpha value is -1.56. The number of hydrogen-bond donors (Lipinski definition) is 1. The Morgan fingerprint density at radius 3 is 2.71 bits per heavy atom. The number of benzene rings is 1. The number of hydrogen-bond acceptors (Lipinski definition) is 4. The molecule has 1 aromatic carbocycles. The van der Waals surface area contributed by atoms with Crippen LogP contribution < -0.4 is 4.90 Å². The quantitative estimate of drug-likeness (QED) is 0.798. The van der Waals surface area contributed by atoms with Gasteiger partial charge in [-0.3, -0.25) is 0 Å². The summed E-state index contributed by atoms with van der Waals surface area (Å²) in [5.41, 5.74) is 1.26. The molecular weight excluding hydrogens is 242 g/mol. The predicted octanol–water partition coefficient (Wildman–Crippen LogP) is 0.672. The van der Waals surface area contributed by atoms with Crippen molar-refractivity contribution < 1.29 is 18.3 Å². The normalized spacial score (nSPS) is 22.0. The molecule has 1 aliphatic rings. The number of likely N-dealkylation sites (N-methyl/N-ethyl adjacent to an activating group) is 1. The molecule has 0 amide bonds. The molecule has 0 saturated heterocycles. The Labute approximate surface area is 99.6 Å². The van der Waals surface area contributed by atoms with Gasteiger partial charge in [0.1, 0.15) is 6.04 Å². The van der Waals surface area contributed by atoms with Gasteiger partial charge >= 0.3 is 5.97 Å². The monoisotopic (exact) mass is 255 g/mol. The van der Waals surface area contributed by atoms with Gasteiger partial charge in [0.05, 0.1) is 16.3 Å². The number of anilines is 1. The molecule has 0 fully saturated rings. The second-order valence-corrected chi connectivity index (χ2v) is 6.17. The molecule has 1 heterocycles. The number of carboxylic acids is 1. The maximum Gasteiger partial charge on any atom is 0.327 e. The fourth-order valence-corrected chi connectivity index (χ4v) is 3.98. The maximum absolute atomic E-state index is 12.0. The van der Waals surface area contributed by atoms with Crippen LogP contribution in [0.4, 0.5) is 5.69 Å². The summed E-state index contributed by atoms with van der Waals surface area (Å²) in [5.74, 6) is -1.50. The van der Waals surface area contributed by atoms with Crippen LogP contribution in [0.3, 0.4) is 0 Å². The first-order valence-electron chi connectivity index (χ1n) is 5.12. The summed E-state index contributed by atoms with van der Waals surface area (Å²) in [6.07, 6.45) is 0. The highest BCUT2D eigenvalue weighted by Gasteiger charge is 2.38. The number of fused-ring (bicyclic) bond motifs is 1. The molecule has 1 unspecified atom stereocenters. The SMILES string of the molecule is Cc1cccc2c1N(C)C(C(=O)O)CS2(=O)=O. The summed E-state index contributed by atoms with van der Waals surface area (Å²) in [6.45, 7) is 1.77. The van der Waals surface area contributed by atoms with Gasteiger partial charge in [-0.15, -0.1) is 0 Å². The zero-order valence-corrected chi connectivity index (χ0v) is 10.4. The van der Waals surface area contributed by atoms with Crippen LogP contribution in [0.15, 0.2) is 23.1 Å². The molecule has 1 N–H and O–H groups in total. The molecule has 1 aliphatic heterocycles. The van der Waals surface area contributed by atoms with Crippen LogP contribution in [0.5, 0.6) is 0 Å². The zero-order valence-electron chi connectivity index (χ0n) is 9.54. The van der Waals surface area contributed by atoms with Crippen molar-refractivity contribution in [2.24, 2.45) is 0 Å². The highest BCUT2D eigenvalue weighted by atomic mass is 32.2. The maximum atomic E-state index is 12.0. The number of carboxylic acid groups (broad SMARTS) is 1. The topological polar surface area (TPSA) is 74.7 Å². The zero-order chi connectivity index (χ0) is 12.8. The fraction of sp³-hybridized carbons (Fsp3) is 0.364. The Morgan fingerprint density at radius 1 is 1.47 bits per heavy atom. The van der Waals surface area contributed by atoms with Crippen molar-refractivity contribution in [3.05, 3.63) is 23.8 Å². The molecule has 92 valence electrons. The van der Waals surface area contributed by atoms with E-state index in [1.165, 1.54) is 11.0 Å². The van der Waals surface area contributed by atoms with E-state index in [0.717, 1.165) is 5.56 Å². The summed E-state index contributed by atoms with van der Waals surface area (Å²) in [6, 6.07) is 3.94. The lowest BCUT2D eigenvalue weighted by Crippen LogP contribution is -2.47. The van der Waals surface area contributed by atoms with Crippen molar-refractivity contribution >= 4 is 21.5 Å². The summed E-state index contributed by atoms with van der Waals surface area (Å²) in [4.78, 5) is 12.8. The van der Waals surface area contributed by atoms with E-state index < -0.39 is 21.8 Å². The molecule has 0 saturated carbocycles. The average molecular weight is 255 g/mol. The van der Waals surface area contributed by atoms with E-state index in [1.807, 2.05) is 0 Å². The van der Waals surface area contributed by atoms with Crippen LogP contribution in [-0.2, 0) is 14.6 Å². The van der Waals surface area contributed by atoms with E-state index in [1.54, 1.807) is 26.1 Å². The Morgan fingerprint density at radius 2 is 2.12 bits per heavy atom. The molecule has 2 rings (SSSR count). The largest absolute Gasteiger partial charge is 0.480 e. The van der Waals surface area contributed by atoms with Crippen molar-refractivity contribution in [1.82, 2.24) is 0 Å². The smallest absolute Gasteiger partial charge is 0.327 e. The van der Waals surface area contributed by atoms with Crippen molar-refractivity contribution in [3.63, 3.8) is 0 Å². The number of para-hydroxylation sites is 1. The van der Waals surface area contributed by atoms with Crippen molar-refractivity contribution in [2.75, 3.05) is 17.7 Å². The minimum absolute atomic E-state index is 0.220. The third-order valence-electron chi connectivity index (χ3n) is 3.02. The molecule has 0 aromatic heterocycles. The van der Waals surface area contributed by atoms with Crippen LogP contribution in [0.2, 0.25) is 0 Å². The summed E-state index contributed by atoms with van der Waals surface area (Å²) in [7, 11) is -1.90. The van der Waals surface area contributed by atoms with Gasteiger partial charge in [-0.1, -0.05) is 12.1 Å². The number of sulfone groups is 1. The Bertz CT molecular complexity index is 579. The van der Waals surface area contributed by atoms with Crippen LogP contribution in [0, 0.1) is 6.92 Å². The van der Waals surface area contributed by atoms with E-state index in [0.29, 0.717) is 5.69 Å². The molecule has 6 heteroatoms. The van der Waals surface area contributed by atoms with Crippen LogP contribution in [-0.4, -0.2) is 38.3 Å². The number of aliphatic carboxylic acids is 1. The van der Waals surface area contributed by atoms with Gasteiger partial charge in [0.25, 0.3) is 0 Å². The molecule has 0 bridgehead atoms. The van der Waals surface area contributed by atoms with Gasteiger partial charge in [-0.2, -0.15) is 0 Å². The molecule has 5 nitrogen and oxygen atoms in total. The molecule has 0 radical (unpaired) electrons. The van der Waals surface area contributed by atoms with Crippen molar-refractivity contribution in [1.29, 1.82) is 0 Å². The fourth-order valence-electron chi connectivity index (χ4n) is 2.14. The standard InChI is InChI=1S/C11H13NO4S/c1-7-4-3-5-9-10(7)12(2)8(11(13)14)6-17(9,15)16/h3-5,8H,6H2,1-2H3,(H,13,14). The van der Waals surface area contributed by atoms with Gasteiger partial charge < -0.3 is 10.0 Å². The van der Waals surface area contributed by atoms with Crippen molar-refractivity contribution in [2.45, 2.75) is 17.9 Å². The van der Waals surface area contributed by atoms with Gasteiger partial charge in [0.15, 0.2) is 9.84 Å². The van der Waals surface area contributed by atoms with E-state index in [4.69, 9.17) is 5.11 Å². The Kier molecular flexibility index (Phi) is 2.61. The molecule has 17 heavy (non-hydrogen) atoms. The number of aryl methyl sites for hydroxylation is 1. The molecule has 0 spiro atoms. The van der Waals surface area contributed by atoms with Gasteiger partial charge in [-0.25, -0.2) is 13.2 Å². The van der Waals surface area contributed by atoms with E-state index in [9.17, 15) is 13.2 Å². The lowest BCUT2D eigenvalue weighted by Gasteiger charge is -2.34. The predicted molar refractivity (Wildman–Crippen MR) is 63.1 cm³/mol. The van der Waals surface area contributed by atoms with E-state index >= 15 is 0 Å². The van der Waals surface area contributed by atoms with Crippen LogP contribution in [0.1, 0.15) is 5.56 Å². The molecule has 1 atom stereocenters. The van der Waals surface area contributed by atoms with Gasteiger partial charge in [0, 0.05) is 7.05 Å². The van der Waals surface area contributed by atoms with Gasteiger partial charge in [0.2, 0.25) is 0 Å². The van der Waals surface area contributed by atoms with Gasteiger partial charge in [-0.05, 0) is 18.6 Å². The highest BCUT2D eigenvalue weighted by Crippen LogP contribution is 2.34. The molecule has 0 aliphatic carbocycles.